The molecule has 0 amide bonds. The minimum Gasteiger partial charge on any atom is -0.496 e. The van der Waals surface area contributed by atoms with Crippen molar-refractivity contribution in [2.75, 3.05) is 20.2 Å². The first-order valence-corrected chi connectivity index (χ1v) is 6.12. The van der Waals surface area contributed by atoms with Crippen LogP contribution in [0.1, 0.15) is 5.56 Å². The Balaban J connectivity index is 2.63. The number of methoxy groups -OCH3 is 1. The van der Waals surface area contributed by atoms with Crippen molar-refractivity contribution in [3.05, 3.63) is 40.9 Å². The van der Waals surface area contributed by atoms with Gasteiger partial charge in [-0.3, -0.25) is 4.79 Å². The van der Waals surface area contributed by atoms with Gasteiger partial charge in [0, 0.05) is 23.0 Å². The van der Waals surface area contributed by atoms with Gasteiger partial charge in [0.1, 0.15) is 5.75 Å². The molecule has 0 spiro atoms. The molecule has 17 heavy (non-hydrogen) atoms. The summed E-state index contributed by atoms with van der Waals surface area (Å²) in [5.74, 6) is 0.869. The van der Waals surface area contributed by atoms with Crippen LogP contribution in [0, 0.1) is 0 Å². The fourth-order valence-electron chi connectivity index (χ4n) is 1.47. The van der Waals surface area contributed by atoms with Crippen molar-refractivity contribution in [1.29, 1.82) is 0 Å². The normalized spacial score (nSPS) is 10.0. The Morgan fingerprint density at radius 3 is 3.00 bits per heavy atom. The Morgan fingerprint density at radius 1 is 1.59 bits per heavy atom. The number of hydrogen-bond acceptors (Lipinski definition) is 3. The lowest BCUT2D eigenvalue weighted by atomic mass is 10.1. The molecule has 0 fully saturated rings. The van der Waals surface area contributed by atoms with Crippen molar-refractivity contribution in [2.45, 2.75) is 6.42 Å². The van der Waals surface area contributed by atoms with Crippen LogP contribution in [0.5, 0.6) is 5.75 Å². The third kappa shape index (κ3) is 4.71. The van der Waals surface area contributed by atoms with Crippen molar-refractivity contribution < 1.29 is 9.53 Å². The molecule has 1 rings (SSSR count). The first kappa shape index (κ1) is 13.9. The van der Waals surface area contributed by atoms with E-state index < -0.39 is 0 Å². The highest BCUT2D eigenvalue weighted by Gasteiger charge is 2.08. The van der Waals surface area contributed by atoms with E-state index in [0.29, 0.717) is 19.5 Å². The Kier molecular flexibility index (Phi) is 5.94. The number of ketones is 1. The molecule has 0 radical (unpaired) electrons. The summed E-state index contributed by atoms with van der Waals surface area (Å²) in [5.41, 5.74) is 0.896. The van der Waals surface area contributed by atoms with Gasteiger partial charge in [0.25, 0.3) is 0 Å². The number of carbonyl (C=O) groups excluding carboxylic acids is 1. The first-order valence-electron chi connectivity index (χ1n) is 5.33. The summed E-state index contributed by atoms with van der Waals surface area (Å²) < 4.78 is 6.16. The van der Waals surface area contributed by atoms with E-state index in [1.807, 2.05) is 18.2 Å². The lowest BCUT2D eigenvalue weighted by Gasteiger charge is -2.08. The number of hydrogen-bond donors (Lipinski definition) is 1. The van der Waals surface area contributed by atoms with Crippen LogP contribution in [-0.2, 0) is 11.2 Å². The zero-order valence-electron chi connectivity index (χ0n) is 9.83. The molecular formula is C13H16BrNO2. The van der Waals surface area contributed by atoms with Gasteiger partial charge in [-0.05, 0) is 18.2 Å². The Bertz CT molecular complexity index is 404. The van der Waals surface area contributed by atoms with Crippen LogP contribution in [0.4, 0.5) is 0 Å². The molecule has 0 aliphatic heterocycles. The lowest BCUT2D eigenvalue weighted by Crippen LogP contribution is -2.24. The zero-order valence-corrected chi connectivity index (χ0v) is 11.4. The molecule has 0 aliphatic rings. The number of rotatable bonds is 7. The summed E-state index contributed by atoms with van der Waals surface area (Å²) in [7, 11) is 1.60. The summed E-state index contributed by atoms with van der Waals surface area (Å²) in [4.78, 5) is 11.7. The molecule has 0 aliphatic carbocycles. The van der Waals surface area contributed by atoms with E-state index >= 15 is 0 Å². The van der Waals surface area contributed by atoms with Crippen LogP contribution >= 0.6 is 15.9 Å². The molecule has 1 aromatic rings. The van der Waals surface area contributed by atoms with E-state index in [1.165, 1.54) is 0 Å². The van der Waals surface area contributed by atoms with E-state index in [0.717, 1.165) is 15.8 Å². The monoisotopic (exact) mass is 297 g/mol. The average molecular weight is 298 g/mol. The van der Waals surface area contributed by atoms with Crippen molar-refractivity contribution >= 4 is 21.7 Å². The Labute approximate surface area is 110 Å². The predicted molar refractivity (Wildman–Crippen MR) is 72.5 cm³/mol. The second-order valence-electron chi connectivity index (χ2n) is 3.59. The van der Waals surface area contributed by atoms with E-state index in [1.54, 1.807) is 13.2 Å². The molecule has 4 heteroatoms. The number of nitrogens with one attached hydrogen (secondary N) is 1. The predicted octanol–water partition coefficient (Wildman–Crippen LogP) is 2.34. The molecule has 1 aromatic carbocycles. The van der Waals surface area contributed by atoms with E-state index in [-0.39, 0.29) is 5.78 Å². The number of ether oxygens (including phenoxy) is 1. The van der Waals surface area contributed by atoms with Gasteiger partial charge in [-0.15, -0.1) is 6.58 Å². The number of carbonyl (C=O) groups is 1. The minimum absolute atomic E-state index is 0.128. The topological polar surface area (TPSA) is 38.3 Å². The third-order valence-corrected chi connectivity index (χ3v) is 2.73. The van der Waals surface area contributed by atoms with Gasteiger partial charge >= 0.3 is 0 Å². The standard InChI is InChI=1S/C13H16BrNO2/c1-3-6-15-9-12(16)8-10-7-11(14)4-5-13(10)17-2/h3-5,7,15H,1,6,8-9H2,2H3. The summed E-state index contributed by atoms with van der Waals surface area (Å²) in [6.45, 7) is 4.57. The SMILES string of the molecule is C=CCNCC(=O)Cc1cc(Br)ccc1OC. The maximum absolute atomic E-state index is 11.7. The van der Waals surface area contributed by atoms with Crippen molar-refractivity contribution in [3.63, 3.8) is 0 Å². The van der Waals surface area contributed by atoms with Crippen LogP contribution < -0.4 is 10.1 Å². The molecule has 1 N–H and O–H groups in total. The Hall–Kier alpha value is -1.13. The van der Waals surface area contributed by atoms with Crippen molar-refractivity contribution in [2.24, 2.45) is 0 Å². The van der Waals surface area contributed by atoms with Crippen LogP contribution in [0.25, 0.3) is 0 Å². The largest absolute Gasteiger partial charge is 0.496 e. The highest BCUT2D eigenvalue weighted by molar-refractivity contribution is 9.10. The smallest absolute Gasteiger partial charge is 0.151 e. The average Bonchev–Trinajstić information content (AvgIpc) is 2.29. The summed E-state index contributed by atoms with van der Waals surface area (Å²) in [5, 5.41) is 2.99. The molecular weight excluding hydrogens is 282 g/mol. The van der Waals surface area contributed by atoms with E-state index in [9.17, 15) is 4.79 Å². The molecule has 0 heterocycles. The quantitative estimate of drug-likeness (QED) is 0.620. The summed E-state index contributed by atoms with van der Waals surface area (Å²) in [6.07, 6.45) is 2.10. The van der Waals surface area contributed by atoms with Gasteiger partial charge in [0.15, 0.2) is 5.78 Å². The maximum atomic E-state index is 11.7. The van der Waals surface area contributed by atoms with Crippen LogP contribution in [0.2, 0.25) is 0 Å². The van der Waals surface area contributed by atoms with E-state index in [2.05, 4.69) is 27.8 Å². The number of Topliss-reactive ketones (excluding diaryl/α,β-unsaturated/α-hetero) is 1. The van der Waals surface area contributed by atoms with Crippen LogP contribution in [0.15, 0.2) is 35.3 Å². The van der Waals surface area contributed by atoms with Gasteiger partial charge in [-0.2, -0.15) is 0 Å². The molecule has 92 valence electrons. The number of halogens is 1. The highest BCUT2D eigenvalue weighted by atomic mass is 79.9. The molecule has 0 aromatic heterocycles. The van der Waals surface area contributed by atoms with Gasteiger partial charge in [-0.1, -0.05) is 22.0 Å². The summed E-state index contributed by atoms with van der Waals surface area (Å²) >= 11 is 3.38. The van der Waals surface area contributed by atoms with Crippen LogP contribution in [0.3, 0.4) is 0 Å². The van der Waals surface area contributed by atoms with E-state index in [4.69, 9.17) is 4.74 Å². The zero-order chi connectivity index (χ0) is 12.7. The first-order chi connectivity index (χ1) is 8.17. The van der Waals surface area contributed by atoms with Gasteiger partial charge < -0.3 is 10.1 Å². The van der Waals surface area contributed by atoms with Crippen molar-refractivity contribution in [3.8, 4) is 5.75 Å². The summed E-state index contributed by atoms with van der Waals surface area (Å²) in [6, 6.07) is 5.65. The Morgan fingerprint density at radius 2 is 2.35 bits per heavy atom. The second kappa shape index (κ2) is 7.25. The molecule has 3 nitrogen and oxygen atoms in total. The minimum atomic E-state index is 0.128. The molecule has 0 saturated carbocycles. The maximum Gasteiger partial charge on any atom is 0.151 e. The lowest BCUT2D eigenvalue weighted by molar-refractivity contribution is -0.117. The van der Waals surface area contributed by atoms with Gasteiger partial charge in [0.2, 0.25) is 0 Å². The highest BCUT2D eigenvalue weighted by Crippen LogP contribution is 2.23. The molecule has 0 atom stereocenters. The third-order valence-electron chi connectivity index (χ3n) is 2.24. The fourth-order valence-corrected chi connectivity index (χ4v) is 1.88. The molecule has 0 unspecified atom stereocenters. The second-order valence-corrected chi connectivity index (χ2v) is 4.51. The fraction of sp³-hybridized carbons (Fsp3) is 0.308. The van der Waals surface area contributed by atoms with Crippen molar-refractivity contribution in [1.82, 2.24) is 5.32 Å². The molecule has 0 bridgehead atoms. The number of benzene rings is 1. The van der Waals surface area contributed by atoms with Crippen LogP contribution in [-0.4, -0.2) is 26.0 Å². The van der Waals surface area contributed by atoms with Gasteiger partial charge in [0.05, 0.1) is 13.7 Å². The van der Waals surface area contributed by atoms with Gasteiger partial charge in [-0.25, -0.2) is 0 Å². The molecule has 0 saturated heterocycles.